The molecule has 0 unspecified atom stereocenters. The van der Waals surface area contributed by atoms with Crippen LogP contribution in [0.1, 0.15) is 11.1 Å². The van der Waals surface area contributed by atoms with Crippen molar-refractivity contribution in [3.8, 4) is 0 Å². The van der Waals surface area contributed by atoms with Gasteiger partial charge in [0.2, 0.25) is 0 Å². The Bertz CT molecular complexity index is 518. The molecule has 0 fully saturated rings. The molecular weight excluding hydrogens is 333 g/mol. The summed E-state index contributed by atoms with van der Waals surface area (Å²) in [5.74, 6) is 0. The molecule has 2 aromatic rings. The first-order valence-electron chi connectivity index (χ1n) is 5.50. The Labute approximate surface area is 125 Å². The minimum Gasteiger partial charge on any atom is -0.380 e. The fourth-order valence-electron chi connectivity index (χ4n) is 1.64. The number of benzene rings is 2. The lowest BCUT2D eigenvalue weighted by molar-refractivity contribution is 1.14. The molecule has 0 saturated carbocycles. The molecule has 0 saturated heterocycles. The lowest BCUT2D eigenvalue weighted by Gasteiger charge is -2.11. The number of rotatable bonds is 3. The Kier molecular flexibility index (Phi) is 4.55. The van der Waals surface area contributed by atoms with Gasteiger partial charge in [0.15, 0.2) is 0 Å². The molecule has 18 heavy (non-hydrogen) atoms. The van der Waals surface area contributed by atoms with Gasteiger partial charge in [-0.1, -0.05) is 45.2 Å². The number of nitrogens with one attached hydrogen (secondary N) is 1. The molecule has 94 valence electrons. The fourth-order valence-corrected chi connectivity index (χ4v) is 2.42. The van der Waals surface area contributed by atoms with Crippen molar-refractivity contribution in [1.82, 2.24) is 0 Å². The van der Waals surface area contributed by atoms with E-state index in [2.05, 4.69) is 21.2 Å². The van der Waals surface area contributed by atoms with Crippen molar-refractivity contribution < 1.29 is 0 Å². The monoisotopic (exact) mass is 343 g/mol. The molecule has 0 amide bonds. The Hall–Kier alpha value is -0.700. The maximum absolute atomic E-state index is 6.14. The van der Waals surface area contributed by atoms with Crippen LogP contribution in [0.3, 0.4) is 0 Å². The van der Waals surface area contributed by atoms with Crippen LogP contribution in [0.4, 0.5) is 5.69 Å². The Morgan fingerprint density at radius 2 is 1.78 bits per heavy atom. The molecule has 0 atom stereocenters. The normalized spacial score (nSPS) is 10.4. The van der Waals surface area contributed by atoms with Crippen LogP contribution in [0, 0.1) is 6.92 Å². The first kappa shape index (κ1) is 13.7. The van der Waals surface area contributed by atoms with E-state index in [9.17, 15) is 0 Å². The van der Waals surface area contributed by atoms with E-state index < -0.39 is 0 Å². The summed E-state index contributed by atoms with van der Waals surface area (Å²) in [6.45, 7) is 2.68. The molecule has 0 aliphatic rings. The molecule has 4 heteroatoms. The third-order valence-electron chi connectivity index (χ3n) is 2.60. The van der Waals surface area contributed by atoms with E-state index in [0.29, 0.717) is 11.6 Å². The molecule has 1 nitrogen and oxygen atoms in total. The van der Waals surface area contributed by atoms with E-state index in [1.165, 1.54) is 5.56 Å². The van der Waals surface area contributed by atoms with Gasteiger partial charge in [-0.25, -0.2) is 0 Å². The molecule has 0 radical (unpaired) electrons. The first-order valence-corrected chi connectivity index (χ1v) is 7.05. The highest BCUT2D eigenvalue weighted by Crippen LogP contribution is 2.26. The van der Waals surface area contributed by atoms with Gasteiger partial charge in [0.1, 0.15) is 0 Å². The van der Waals surface area contributed by atoms with Crippen molar-refractivity contribution in [3.05, 3.63) is 62.0 Å². The van der Waals surface area contributed by atoms with Crippen LogP contribution in [-0.2, 0) is 6.54 Å². The molecule has 1 N–H and O–H groups in total. The van der Waals surface area contributed by atoms with Crippen LogP contribution in [0.2, 0.25) is 10.0 Å². The number of aryl methyl sites for hydroxylation is 1. The van der Waals surface area contributed by atoms with E-state index in [1.54, 1.807) is 0 Å². The van der Waals surface area contributed by atoms with Gasteiger partial charge in [-0.3, -0.25) is 0 Å². The summed E-state index contributed by atoms with van der Waals surface area (Å²) in [6.07, 6.45) is 0. The summed E-state index contributed by atoms with van der Waals surface area (Å²) in [7, 11) is 0. The molecule has 0 spiro atoms. The zero-order valence-electron chi connectivity index (χ0n) is 9.81. The van der Waals surface area contributed by atoms with Crippen LogP contribution in [0.5, 0.6) is 0 Å². The molecule has 0 aromatic heterocycles. The lowest BCUT2D eigenvalue weighted by Crippen LogP contribution is -2.01. The maximum atomic E-state index is 6.14. The summed E-state index contributed by atoms with van der Waals surface area (Å²) in [6, 6.07) is 11.7. The second kappa shape index (κ2) is 5.96. The second-order valence-electron chi connectivity index (χ2n) is 4.07. The molecule has 2 rings (SSSR count). The van der Waals surface area contributed by atoms with E-state index in [-0.39, 0.29) is 0 Å². The fraction of sp³-hybridized carbons (Fsp3) is 0.143. The van der Waals surface area contributed by atoms with Gasteiger partial charge < -0.3 is 5.32 Å². The third-order valence-corrected chi connectivity index (χ3v) is 3.79. The second-order valence-corrected chi connectivity index (χ2v) is 5.80. The van der Waals surface area contributed by atoms with Gasteiger partial charge in [-0.2, -0.15) is 0 Å². The number of anilines is 1. The standard InChI is InChI=1S/C14H12BrCl2N/c1-9-2-4-13(17)14(6-9)18-8-10-7-11(15)3-5-12(10)16/h2-7,18H,8H2,1H3. The highest BCUT2D eigenvalue weighted by Gasteiger charge is 2.04. The Balaban J connectivity index is 2.16. The van der Waals surface area contributed by atoms with Gasteiger partial charge in [0.25, 0.3) is 0 Å². The zero-order valence-corrected chi connectivity index (χ0v) is 12.9. The number of halogens is 3. The Morgan fingerprint density at radius 3 is 2.56 bits per heavy atom. The topological polar surface area (TPSA) is 12.0 Å². The summed E-state index contributed by atoms with van der Waals surface area (Å²) in [5, 5.41) is 4.76. The van der Waals surface area contributed by atoms with Crippen molar-refractivity contribution >= 4 is 44.8 Å². The maximum Gasteiger partial charge on any atom is 0.0637 e. The largest absolute Gasteiger partial charge is 0.380 e. The van der Waals surface area contributed by atoms with Crippen LogP contribution in [-0.4, -0.2) is 0 Å². The predicted octanol–water partition coefficient (Wildman–Crippen LogP) is 5.68. The van der Waals surface area contributed by atoms with Gasteiger partial charge in [0, 0.05) is 16.0 Å². The van der Waals surface area contributed by atoms with Gasteiger partial charge in [-0.05, 0) is 48.4 Å². The summed E-state index contributed by atoms with van der Waals surface area (Å²) >= 11 is 15.7. The quantitative estimate of drug-likeness (QED) is 0.755. The average molecular weight is 345 g/mol. The molecule has 0 bridgehead atoms. The summed E-state index contributed by atoms with van der Waals surface area (Å²) in [4.78, 5) is 0. The SMILES string of the molecule is Cc1ccc(Cl)c(NCc2cc(Br)ccc2Cl)c1. The van der Waals surface area contributed by atoms with Gasteiger partial charge in [0.05, 0.1) is 10.7 Å². The zero-order chi connectivity index (χ0) is 13.1. The third kappa shape index (κ3) is 3.41. The van der Waals surface area contributed by atoms with Crippen LogP contribution < -0.4 is 5.32 Å². The van der Waals surface area contributed by atoms with Crippen molar-refractivity contribution in [2.45, 2.75) is 13.5 Å². The Morgan fingerprint density at radius 1 is 1.06 bits per heavy atom. The van der Waals surface area contributed by atoms with E-state index in [1.807, 2.05) is 43.3 Å². The van der Waals surface area contributed by atoms with E-state index >= 15 is 0 Å². The molecule has 0 heterocycles. The molecule has 0 aliphatic carbocycles. The average Bonchev–Trinajstić information content (AvgIpc) is 2.34. The smallest absolute Gasteiger partial charge is 0.0637 e. The first-order chi connectivity index (χ1) is 8.56. The number of hydrogen-bond acceptors (Lipinski definition) is 1. The van der Waals surface area contributed by atoms with Gasteiger partial charge in [-0.15, -0.1) is 0 Å². The van der Waals surface area contributed by atoms with Crippen LogP contribution in [0.25, 0.3) is 0 Å². The van der Waals surface area contributed by atoms with Crippen molar-refractivity contribution in [1.29, 1.82) is 0 Å². The minimum absolute atomic E-state index is 0.640. The molecule has 0 aliphatic heterocycles. The molecular formula is C14H12BrCl2N. The van der Waals surface area contributed by atoms with Gasteiger partial charge >= 0.3 is 0 Å². The van der Waals surface area contributed by atoms with Crippen LogP contribution >= 0.6 is 39.1 Å². The number of hydrogen-bond donors (Lipinski definition) is 1. The summed E-state index contributed by atoms with van der Waals surface area (Å²) < 4.78 is 1.01. The van der Waals surface area contributed by atoms with Crippen molar-refractivity contribution in [2.75, 3.05) is 5.32 Å². The van der Waals surface area contributed by atoms with Crippen molar-refractivity contribution in [2.24, 2.45) is 0 Å². The van der Waals surface area contributed by atoms with Crippen molar-refractivity contribution in [3.63, 3.8) is 0 Å². The summed E-state index contributed by atoms with van der Waals surface area (Å²) in [5.41, 5.74) is 3.12. The highest BCUT2D eigenvalue weighted by molar-refractivity contribution is 9.10. The van der Waals surface area contributed by atoms with Crippen LogP contribution in [0.15, 0.2) is 40.9 Å². The van der Waals surface area contributed by atoms with E-state index in [4.69, 9.17) is 23.2 Å². The predicted molar refractivity (Wildman–Crippen MR) is 82.7 cm³/mol. The lowest BCUT2D eigenvalue weighted by atomic mass is 10.2. The minimum atomic E-state index is 0.640. The highest BCUT2D eigenvalue weighted by atomic mass is 79.9. The van der Waals surface area contributed by atoms with E-state index in [0.717, 1.165) is 20.7 Å². The molecule has 2 aromatic carbocycles.